The van der Waals surface area contributed by atoms with Gasteiger partial charge in [0.25, 0.3) is 0 Å². The molecule has 0 radical (unpaired) electrons. The van der Waals surface area contributed by atoms with Crippen molar-refractivity contribution in [3.63, 3.8) is 0 Å². The molecule has 0 bridgehead atoms. The minimum absolute atomic E-state index is 0.389. The molecule has 0 N–H and O–H groups in total. The van der Waals surface area contributed by atoms with Gasteiger partial charge in [0.15, 0.2) is 0 Å². The van der Waals surface area contributed by atoms with Gasteiger partial charge < -0.3 is 9.31 Å². The second-order valence-corrected chi connectivity index (χ2v) is 10.6. The summed E-state index contributed by atoms with van der Waals surface area (Å²) >= 11 is 0. The molecule has 0 aliphatic carbocycles. The van der Waals surface area contributed by atoms with E-state index in [1.54, 1.807) is 0 Å². The minimum atomic E-state index is -0.417. The highest BCUT2D eigenvalue weighted by molar-refractivity contribution is 6.62. The fourth-order valence-corrected chi connectivity index (χ4v) is 4.84. The van der Waals surface area contributed by atoms with Gasteiger partial charge >= 0.3 is 7.12 Å². The standard InChI is InChI=1S/C32H29BO2/c1-31(2)32(3,4)35-33(34-31)30-20-28(26-15-13-22-9-5-7-11-24(22)17-26)19-29(21-30)27-16-14-23-10-6-8-12-25(23)18-27/h5-21H,1-4H3. The first-order valence-electron chi connectivity index (χ1n) is 12.3. The number of hydrogen-bond acceptors (Lipinski definition) is 2. The summed E-state index contributed by atoms with van der Waals surface area (Å²) in [6.45, 7) is 8.41. The van der Waals surface area contributed by atoms with Crippen LogP contribution in [0.3, 0.4) is 0 Å². The van der Waals surface area contributed by atoms with Crippen LogP contribution in [0.1, 0.15) is 27.7 Å². The number of fused-ring (bicyclic) bond motifs is 2. The molecule has 1 saturated heterocycles. The lowest BCUT2D eigenvalue weighted by Gasteiger charge is -2.32. The molecule has 1 fully saturated rings. The van der Waals surface area contributed by atoms with E-state index in [0.717, 1.165) is 16.6 Å². The molecule has 2 nitrogen and oxygen atoms in total. The van der Waals surface area contributed by atoms with Crippen molar-refractivity contribution in [3.05, 3.63) is 103 Å². The van der Waals surface area contributed by atoms with Crippen molar-refractivity contribution in [3.8, 4) is 22.3 Å². The SMILES string of the molecule is CC1(C)OB(c2cc(-c3ccc4ccccc4c3)cc(-c3ccc4ccccc4c3)c2)OC1(C)C. The Morgan fingerprint density at radius 3 is 1.34 bits per heavy atom. The molecule has 35 heavy (non-hydrogen) atoms. The van der Waals surface area contributed by atoms with Crippen molar-refractivity contribution in [2.24, 2.45) is 0 Å². The van der Waals surface area contributed by atoms with Crippen LogP contribution in [0.5, 0.6) is 0 Å². The van der Waals surface area contributed by atoms with Crippen LogP contribution < -0.4 is 5.46 Å². The quantitative estimate of drug-likeness (QED) is 0.260. The Hall–Kier alpha value is -3.40. The Balaban J connectivity index is 1.52. The molecule has 0 unspecified atom stereocenters. The average molecular weight is 456 g/mol. The summed E-state index contributed by atoms with van der Waals surface area (Å²) < 4.78 is 12.9. The number of hydrogen-bond donors (Lipinski definition) is 0. The third-order valence-corrected chi connectivity index (χ3v) is 7.65. The molecule has 0 saturated carbocycles. The van der Waals surface area contributed by atoms with Crippen LogP contribution in [-0.2, 0) is 9.31 Å². The lowest BCUT2D eigenvalue weighted by atomic mass is 9.76. The predicted molar refractivity (Wildman–Crippen MR) is 148 cm³/mol. The van der Waals surface area contributed by atoms with Gasteiger partial charge in [-0.1, -0.05) is 84.9 Å². The summed E-state index contributed by atoms with van der Waals surface area (Å²) in [5.74, 6) is 0. The number of benzene rings is 5. The van der Waals surface area contributed by atoms with Gasteiger partial charge in [0.2, 0.25) is 0 Å². The Bertz CT molecular complexity index is 1450. The Morgan fingerprint density at radius 2 is 0.886 bits per heavy atom. The van der Waals surface area contributed by atoms with E-state index in [1.165, 1.54) is 32.7 Å². The fourth-order valence-electron chi connectivity index (χ4n) is 4.84. The molecule has 172 valence electrons. The highest BCUT2D eigenvalue weighted by Crippen LogP contribution is 2.37. The zero-order valence-corrected chi connectivity index (χ0v) is 20.7. The largest absolute Gasteiger partial charge is 0.494 e. The zero-order chi connectivity index (χ0) is 24.2. The summed E-state index contributed by atoms with van der Waals surface area (Å²) in [6, 6.07) is 37.0. The molecule has 1 aliphatic rings. The van der Waals surface area contributed by atoms with Gasteiger partial charge in [0, 0.05) is 0 Å². The fraction of sp³-hybridized carbons (Fsp3) is 0.188. The van der Waals surface area contributed by atoms with Crippen molar-refractivity contribution in [2.75, 3.05) is 0 Å². The molecule has 3 heteroatoms. The summed E-state index contributed by atoms with van der Waals surface area (Å²) in [5, 5.41) is 4.96. The molecule has 1 aliphatic heterocycles. The van der Waals surface area contributed by atoms with Gasteiger partial charge in [0.1, 0.15) is 0 Å². The van der Waals surface area contributed by atoms with Crippen LogP contribution >= 0.6 is 0 Å². The maximum absolute atomic E-state index is 6.45. The molecule has 0 spiro atoms. The lowest BCUT2D eigenvalue weighted by molar-refractivity contribution is 0.00578. The van der Waals surface area contributed by atoms with Gasteiger partial charge in [-0.15, -0.1) is 0 Å². The average Bonchev–Trinajstić information content (AvgIpc) is 3.09. The second-order valence-electron chi connectivity index (χ2n) is 10.6. The summed E-state index contributed by atoms with van der Waals surface area (Å²) in [7, 11) is -0.417. The van der Waals surface area contributed by atoms with Gasteiger partial charge in [-0.3, -0.25) is 0 Å². The first kappa shape index (κ1) is 22.1. The topological polar surface area (TPSA) is 18.5 Å². The van der Waals surface area contributed by atoms with E-state index in [-0.39, 0.29) is 11.2 Å². The van der Waals surface area contributed by atoms with Crippen LogP contribution in [0.15, 0.2) is 103 Å². The van der Waals surface area contributed by atoms with E-state index in [4.69, 9.17) is 9.31 Å². The summed E-state index contributed by atoms with van der Waals surface area (Å²) in [5.41, 5.74) is 4.95. The van der Waals surface area contributed by atoms with Crippen LogP contribution in [0.4, 0.5) is 0 Å². The first-order valence-corrected chi connectivity index (χ1v) is 12.3. The van der Waals surface area contributed by atoms with Crippen LogP contribution in [0.2, 0.25) is 0 Å². The predicted octanol–water partition coefficient (Wildman–Crippen LogP) is 7.63. The van der Waals surface area contributed by atoms with Crippen molar-refractivity contribution >= 4 is 34.1 Å². The van der Waals surface area contributed by atoms with Crippen molar-refractivity contribution < 1.29 is 9.31 Å². The molecular weight excluding hydrogens is 427 g/mol. The third-order valence-electron chi connectivity index (χ3n) is 7.65. The van der Waals surface area contributed by atoms with Crippen LogP contribution in [0, 0.1) is 0 Å². The molecule has 0 aromatic heterocycles. The van der Waals surface area contributed by atoms with Gasteiger partial charge in [-0.05, 0) is 95.2 Å². The molecule has 5 aromatic rings. The molecule has 0 atom stereocenters. The third kappa shape index (κ3) is 3.95. The van der Waals surface area contributed by atoms with Crippen molar-refractivity contribution in [1.29, 1.82) is 0 Å². The highest BCUT2D eigenvalue weighted by atomic mass is 16.7. The van der Waals surface area contributed by atoms with E-state index >= 15 is 0 Å². The monoisotopic (exact) mass is 456 g/mol. The Labute approximate surface area is 207 Å². The molecule has 6 rings (SSSR count). The van der Waals surface area contributed by atoms with Crippen LogP contribution in [-0.4, -0.2) is 18.3 Å². The van der Waals surface area contributed by atoms with E-state index in [9.17, 15) is 0 Å². The van der Waals surface area contributed by atoms with E-state index < -0.39 is 7.12 Å². The maximum atomic E-state index is 6.45. The zero-order valence-electron chi connectivity index (χ0n) is 20.7. The molecular formula is C32H29BO2. The summed E-state index contributed by atoms with van der Waals surface area (Å²) in [4.78, 5) is 0. The Morgan fingerprint density at radius 1 is 0.457 bits per heavy atom. The number of rotatable bonds is 3. The summed E-state index contributed by atoms with van der Waals surface area (Å²) in [6.07, 6.45) is 0. The molecule has 1 heterocycles. The van der Waals surface area contributed by atoms with Crippen molar-refractivity contribution in [2.45, 2.75) is 38.9 Å². The first-order chi connectivity index (χ1) is 16.8. The van der Waals surface area contributed by atoms with Crippen LogP contribution in [0.25, 0.3) is 43.8 Å². The van der Waals surface area contributed by atoms with Gasteiger partial charge in [0.05, 0.1) is 11.2 Å². The highest BCUT2D eigenvalue weighted by Gasteiger charge is 2.51. The van der Waals surface area contributed by atoms with E-state index in [1.807, 2.05) is 0 Å². The normalized spacial score (nSPS) is 16.7. The Kier molecular flexibility index (Phi) is 5.10. The van der Waals surface area contributed by atoms with E-state index in [0.29, 0.717) is 0 Å². The second kappa shape index (κ2) is 8.08. The van der Waals surface area contributed by atoms with Gasteiger partial charge in [-0.25, -0.2) is 0 Å². The van der Waals surface area contributed by atoms with Gasteiger partial charge in [-0.2, -0.15) is 0 Å². The lowest BCUT2D eigenvalue weighted by Crippen LogP contribution is -2.41. The minimum Gasteiger partial charge on any atom is -0.399 e. The van der Waals surface area contributed by atoms with Crippen molar-refractivity contribution in [1.82, 2.24) is 0 Å². The smallest absolute Gasteiger partial charge is 0.399 e. The molecule has 5 aromatic carbocycles. The molecule has 0 amide bonds. The maximum Gasteiger partial charge on any atom is 0.494 e. The van der Waals surface area contributed by atoms with E-state index in [2.05, 4.69) is 131 Å².